The smallest absolute Gasteiger partial charge is 0.326 e. The van der Waals surface area contributed by atoms with E-state index in [9.17, 15) is 9.59 Å². The van der Waals surface area contributed by atoms with Gasteiger partial charge < -0.3 is 9.72 Å². The van der Waals surface area contributed by atoms with Gasteiger partial charge in [0, 0.05) is 22.1 Å². The summed E-state index contributed by atoms with van der Waals surface area (Å²) >= 11 is 1.63. The van der Waals surface area contributed by atoms with Crippen molar-refractivity contribution >= 4 is 57.0 Å². The Balaban J connectivity index is 1.62. The van der Waals surface area contributed by atoms with Gasteiger partial charge in [0.25, 0.3) is 5.56 Å². The van der Waals surface area contributed by atoms with Crippen LogP contribution in [0, 0.1) is 0 Å². The molecule has 0 saturated carbocycles. The Morgan fingerprint density at radius 2 is 1.89 bits per heavy atom. The Hall–Kier alpha value is -3.97. The van der Waals surface area contributed by atoms with Crippen LogP contribution in [0.1, 0.15) is 31.9 Å². The van der Waals surface area contributed by atoms with E-state index in [1.807, 2.05) is 60.0 Å². The quantitative estimate of drug-likeness (QED) is 0.443. The number of esters is 1. The van der Waals surface area contributed by atoms with E-state index in [0.29, 0.717) is 10.8 Å². The largest absolute Gasteiger partial charge is 0.459 e. The van der Waals surface area contributed by atoms with Crippen molar-refractivity contribution in [3.63, 3.8) is 0 Å². The van der Waals surface area contributed by atoms with Gasteiger partial charge in [-0.05, 0) is 67.5 Å². The summed E-state index contributed by atoms with van der Waals surface area (Å²) in [5.41, 5.74) is 3.40. The average Bonchev–Trinajstić information content (AvgIpc) is 3.49. The van der Waals surface area contributed by atoms with Gasteiger partial charge >= 0.3 is 5.97 Å². The van der Waals surface area contributed by atoms with E-state index in [-0.39, 0.29) is 12.1 Å². The van der Waals surface area contributed by atoms with Crippen molar-refractivity contribution < 1.29 is 9.53 Å². The minimum Gasteiger partial charge on any atom is -0.459 e. The van der Waals surface area contributed by atoms with Gasteiger partial charge in [0.1, 0.15) is 23.0 Å². The summed E-state index contributed by atoms with van der Waals surface area (Å²) in [6.45, 7) is 5.23. The van der Waals surface area contributed by atoms with Crippen molar-refractivity contribution in [1.82, 2.24) is 9.55 Å². The molecular weight excluding hydrogens is 458 g/mol. The van der Waals surface area contributed by atoms with Gasteiger partial charge in [0.05, 0.1) is 5.69 Å². The molecule has 2 aromatic carbocycles. The molecule has 6 nitrogen and oxygen atoms in total. The number of para-hydroxylation sites is 1. The van der Waals surface area contributed by atoms with Gasteiger partial charge in [0.2, 0.25) is 0 Å². The molecule has 176 valence electrons. The van der Waals surface area contributed by atoms with Crippen LogP contribution in [0.5, 0.6) is 0 Å². The molecular formula is C28H25N3O3S. The molecule has 2 aromatic heterocycles. The number of ether oxygens (including phenoxy) is 1. The molecule has 5 rings (SSSR count). The maximum Gasteiger partial charge on any atom is 0.326 e. The number of imidazole rings is 1. The second-order valence-corrected chi connectivity index (χ2v) is 10.2. The molecule has 1 N–H and O–H groups in total. The third-order valence-electron chi connectivity index (χ3n) is 5.53. The second kappa shape index (κ2) is 9.00. The lowest BCUT2D eigenvalue weighted by molar-refractivity contribution is -0.155. The lowest BCUT2D eigenvalue weighted by Gasteiger charge is -2.19. The number of carbonyl (C=O) groups is 1. The lowest BCUT2D eigenvalue weighted by Crippen LogP contribution is -2.36. The third kappa shape index (κ3) is 4.81. The molecule has 35 heavy (non-hydrogen) atoms. The van der Waals surface area contributed by atoms with Gasteiger partial charge in [-0.1, -0.05) is 36.4 Å². The number of aliphatic imine (C=N–C) groups is 1. The van der Waals surface area contributed by atoms with E-state index >= 15 is 0 Å². The van der Waals surface area contributed by atoms with Gasteiger partial charge in [-0.15, -0.1) is 11.3 Å². The number of H-pyrrole nitrogens is 1. The van der Waals surface area contributed by atoms with E-state index in [1.54, 1.807) is 44.4 Å². The van der Waals surface area contributed by atoms with Crippen LogP contribution >= 0.6 is 11.3 Å². The van der Waals surface area contributed by atoms with E-state index in [1.165, 1.54) is 4.57 Å². The molecule has 0 amide bonds. The van der Waals surface area contributed by atoms with Crippen molar-refractivity contribution in [3.05, 3.63) is 92.3 Å². The molecule has 1 aliphatic rings. The molecule has 1 aliphatic heterocycles. The highest BCUT2D eigenvalue weighted by molar-refractivity contribution is 7.17. The Kier molecular flexibility index (Phi) is 5.86. The number of nitrogens with zero attached hydrogens (tertiary/aromatic N) is 2. The number of nitrogens with one attached hydrogen (secondary N) is 1. The summed E-state index contributed by atoms with van der Waals surface area (Å²) in [7, 11) is 0. The average molecular weight is 484 g/mol. The molecule has 0 saturated heterocycles. The fraction of sp³-hybridized carbons (Fsp3) is 0.179. The van der Waals surface area contributed by atoms with Crippen LogP contribution in [0.15, 0.2) is 69.8 Å². The minimum atomic E-state index is -0.641. The Bertz CT molecular complexity index is 1680. The number of aromatic nitrogens is 2. The maximum absolute atomic E-state index is 13.4. The number of hydrogen-bond acceptors (Lipinski definition) is 5. The summed E-state index contributed by atoms with van der Waals surface area (Å²) in [6, 6.07) is 15.9. The number of aromatic amines is 1. The molecule has 7 heteroatoms. The van der Waals surface area contributed by atoms with Crippen molar-refractivity contribution in [2.75, 3.05) is 0 Å². The van der Waals surface area contributed by atoms with Crippen LogP contribution in [-0.2, 0) is 16.1 Å². The van der Waals surface area contributed by atoms with Crippen LogP contribution in [0.3, 0.4) is 0 Å². The molecule has 4 aromatic rings. The summed E-state index contributed by atoms with van der Waals surface area (Å²) in [5, 5.41) is 3.51. The molecule has 0 fully saturated rings. The molecule has 0 spiro atoms. The van der Waals surface area contributed by atoms with Crippen LogP contribution in [0.2, 0.25) is 0 Å². The van der Waals surface area contributed by atoms with Gasteiger partial charge in [-0.3, -0.25) is 19.1 Å². The number of carbonyl (C=O) groups excluding carboxylic acids is 1. The zero-order valence-electron chi connectivity index (χ0n) is 19.7. The summed E-state index contributed by atoms with van der Waals surface area (Å²) < 4.78 is 8.05. The van der Waals surface area contributed by atoms with Crippen LogP contribution in [0.25, 0.3) is 27.8 Å². The first kappa shape index (κ1) is 22.8. The second-order valence-electron chi connectivity index (χ2n) is 9.30. The zero-order chi connectivity index (χ0) is 24.6. The van der Waals surface area contributed by atoms with Gasteiger partial charge in [-0.2, -0.15) is 0 Å². The van der Waals surface area contributed by atoms with E-state index in [2.05, 4.69) is 16.0 Å². The Morgan fingerprint density at radius 1 is 1.11 bits per heavy atom. The molecule has 0 aliphatic carbocycles. The van der Waals surface area contributed by atoms with Crippen LogP contribution < -0.4 is 16.4 Å². The summed E-state index contributed by atoms with van der Waals surface area (Å²) in [6.07, 6.45) is 7.34. The highest BCUT2D eigenvalue weighted by atomic mass is 32.1. The third-order valence-corrected chi connectivity index (χ3v) is 6.51. The van der Waals surface area contributed by atoms with Crippen molar-refractivity contribution in [1.29, 1.82) is 0 Å². The molecule has 3 heterocycles. The zero-order valence-corrected chi connectivity index (χ0v) is 20.6. The topological polar surface area (TPSA) is 76.5 Å². The number of allylic oxidation sites excluding steroid dienone is 2. The number of thiophene rings is 1. The minimum absolute atomic E-state index is 0.190. The standard InChI is InChI=1S/C28H25N3O3S/c1-28(2,3)34-26(32)16-31-25(13-12-18-15-29-22-10-6-4-8-20(18)22)30-23(27(31)33)14-19-17-35-24-11-7-5-9-21(19)24/h4-15,17,30H,16H2,1-3H3/b18-12-,23-14-,25-13+. The SMILES string of the molecule is CC(C)(C)OC(=O)Cn1c(=O)/c(=C/c2csc3ccccc23)[nH]/c1=C\C=C1\C=Nc2ccccc21. The predicted molar refractivity (Wildman–Crippen MR) is 143 cm³/mol. The number of rotatable bonds is 4. The fourth-order valence-corrected chi connectivity index (χ4v) is 4.93. The monoisotopic (exact) mass is 483 g/mol. The maximum atomic E-state index is 13.4. The molecule has 0 radical (unpaired) electrons. The van der Waals surface area contributed by atoms with Crippen LogP contribution in [0.4, 0.5) is 5.69 Å². The number of hydrogen-bond donors (Lipinski definition) is 1. The Labute approximate surface area is 206 Å². The first-order valence-corrected chi connectivity index (χ1v) is 12.2. The van der Waals surface area contributed by atoms with Crippen molar-refractivity contribution in [2.45, 2.75) is 32.9 Å². The molecule has 0 unspecified atom stereocenters. The van der Waals surface area contributed by atoms with Crippen molar-refractivity contribution in [2.24, 2.45) is 4.99 Å². The molecule has 0 bridgehead atoms. The first-order valence-electron chi connectivity index (χ1n) is 11.3. The van der Waals surface area contributed by atoms with Crippen molar-refractivity contribution in [3.8, 4) is 0 Å². The number of benzene rings is 2. The van der Waals surface area contributed by atoms with E-state index < -0.39 is 11.6 Å². The highest BCUT2D eigenvalue weighted by Gasteiger charge is 2.18. The predicted octanol–water partition coefficient (Wildman–Crippen LogP) is 4.14. The summed E-state index contributed by atoms with van der Waals surface area (Å²) in [5.74, 6) is -0.471. The lowest BCUT2D eigenvalue weighted by atomic mass is 10.1. The van der Waals surface area contributed by atoms with Gasteiger partial charge in [0.15, 0.2) is 0 Å². The fourth-order valence-electron chi connectivity index (χ4n) is 4.01. The molecule has 0 atom stereocenters. The highest BCUT2D eigenvalue weighted by Crippen LogP contribution is 2.30. The van der Waals surface area contributed by atoms with E-state index in [4.69, 9.17) is 4.74 Å². The number of fused-ring (bicyclic) bond motifs is 2. The summed E-state index contributed by atoms with van der Waals surface area (Å²) in [4.78, 5) is 33.6. The van der Waals surface area contributed by atoms with E-state index in [0.717, 1.165) is 32.5 Å². The normalized spacial score (nSPS) is 15.3. The Morgan fingerprint density at radius 3 is 2.71 bits per heavy atom. The van der Waals surface area contributed by atoms with Gasteiger partial charge in [-0.25, -0.2) is 0 Å². The first-order chi connectivity index (χ1) is 16.8. The van der Waals surface area contributed by atoms with Crippen LogP contribution in [-0.4, -0.2) is 27.3 Å².